The zero-order valence-corrected chi connectivity index (χ0v) is 15.6. The average Bonchev–Trinajstić information content (AvgIpc) is 2.59. The van der Waals surface area contributed by atoms with Crippen LogP contribution in [0.5, 0.6) is 0 Å². The van der Waals surface area contributed by atoms with Gasteiger partial charge in [-0.3, -0.25) is 0 Å². The van der Waals surface area contributed by atoms with Gasteiger partial charge in [0, 0.05) is 13.2 Å². The van der Waals surface area contributed by atoms with Crippen LogP contribution in [-0.4, -0.2) is 31.0 Å². The van der Waals surface area contributed by atoms with Crippen molar-refractivity contribution in [1.82, 2.24) is 5.32 Å². The summed E-state index contributed by atoms with van der Waals surface area (Å²) in [5.74, 6) is 0. The molecule has 4 heteroatoms. The Balaban J connectivity index is 3.05. The molecule has 0 unspecified atom stereocenters. The van der Waals surface area contributed by atoms with E-state index in [-0.39, 0.29) is 12.7 Å². The summed E-state index contributed by atoms with van der Waals surface area (Å²) in [5, 5.41) is 11.4. The minimum absolute atomic E-state index is 0.273. The molecule has 0 bridgehead atoms. The second kappa shape index (κ2) is 20.0. The van der Waals surface area contributed by atoms with Crippen LogP contribution in [0, 0.1) is 0 Å². The summed E-state index contributed by atoms with van der Waals surface area (Å²) in [4.78, 5) is 11.2. The largest absolute Gasteiger partial charge is 0.445 e. The molecule has 0 aromatic rings. The van der Waals surface area contributed by atoms with E-state index >= 15 is 0 Å². The maximum absolute atomic E-state index is 11.2. The Morgan fingerprint density at radius 2 is 1.21 bits per heavy atom. The van der Waals surface area contributed by atoms with Crippen molar-refractivity contribution in [1.29, 1.82) is 0 Å². The molecule has 0 aromatic heterocycles. The second-order valence-corrected chi connectivity index (χ2v) is 6.49. The molecule has 142 valence electrons. The quantitative estimate of drug-likeness (QED) is 0.261. The molecule has 0 heterocycles. The Labute approximate surface area is 149 Å². The van der Waals surface area contributed by atoms with Gasteiger partial charge in [0.05, 0.1) is 0 Å². The van der Waals surface area contributed by atoms with Gasteiger partial charge >= 0.3 is 6.09 Å². The van der Waals surface area contributed by atoms with Crippen LogP contribution in [0.2, 0.25) is 0 Å². The monoisotopic (exact) mass is 341 g/mol. The maximum Gasteiger partial charge on any atom is 0.407 e. The predicted molar refractivity (Wildman–Crippen MR) is 101 cm³/mol. The van der Waals surface area contributed by atoms with E-state index in [4.69, 9.17) is 9.84 Å². The molecule has 0 aliphatic carbocycles. The highest BCUT2D eigenvalue weighted by Gasteiger charge is 1.98. The van der Waals surface area contributed by atoms with Gasteiger partial charge in [0.1, 0.15) is 6.61 Å². The fraction of sp³-hybridized carbons (Fsp3) is 0.850. The summed E-state index contributed by atoms with van der Waals surface area (Å²) in [7, 11) is 0. The number of aliphatic hydroxyl groups is 1. The van der Waals surface area contributed by atoms with Gasteiger partial charge in [0.15, 0.2) is 0 Å². The van der Waals surface area contributed by atoms with Crippen LogP contribution in [0.1, 0.15) is 89.9 Å². The Hall–Kier alpha value is -1.03. The highest BCUT2D eigenvalue weighted by Crippen LogP contribution is 2.12. The van der Waals surface area contributed by atoms with E-state index in [9.17, 15) is 4.79 Å². The summed E-state index contributed by atoms with van der Waals surface area (Å²) in [6.07, 6.45) is 18.9. The number of hydrogen-bond donors (Lipinski definition) is 2. The highest BCUT2D eigenvalue weighted by atomic mass is 16.5. The highest BCUT2D eigenvalue weighted by molar-refractivity contribution is 5.67. The molecule has 0 aromatic carbocycles. The van der Waals surface area contributed by atoms with E-state index in [1.54, 1.807) is 6.08 Å². The molecule has 24 heavy (non-hydrogen) atoms. The van der Waals surface area contributed by atoms with Gasteiger partial charge in [0.2, 0.25) is 0 Å². The van der Waals surface area contributed by atoms with Crippen LogP contribution >= 0.6 is 0 Å². The van der Waals surface area contributed by atoms with Gasteiger partial charge in [-0.05, 0) is 12.8 Å². The van der Waals surface area contributed by atoms with E-state index in [1.807, 2.05) is 0 Å². The van der Waals surface area contributed by atoms with Gasteiger partial charge in [0.25, 0.3) is 0 Å². The number of nitrogens with one attached hydrogen (secondary N) is 1. The number of unbranched alkanes of at least 4 members (excludes halogenated alkanes) is 13. The van der Waals surface area contributed by atoms with Gasteiger partial charge in [-0.1, -0.05) is 89.7 Å². The third-order valence-electron chi connectivity index (χ3n) is 4.19. The smallest absolute Gasteiger partial charge is 0.407 e. The zero-order chi connectivity index (χ0) is 17.7. The summed E-state index contributed by atoms with van der Waals surface area (Å²) in [6, 6.07) is 0. The van der Waals surface area contributed by atoms with Crippen molar-refractivity contribution in [2.75, 3.05) is 19.8 Å². The van der Waals surface area contributed by atoms with Crippen LogP contribution in [-0.2, 0) is 4.74 Å². The maximum atomic E-state index is 11.2. The molecule has 0 aliphatic rings. The van der Waals surface area contributed by atoms with E-state index < -0.39 is 0 Å². The SMILES string of the molecule is C=CCOC(=O)NCCCCCCCCCCCCCCCCO. The molecule has 0 saturated heterocycles. The normalized spacial score (nSPS) is 10.5. The van der Waals surface area contributed by atoms with Crippen molar-refractivity contribution < 1.29 is 14.6 Å². The van der Waals surface area contributed by atoms with E-state index in [0.717, 1.165) is 12.8 Å². The number of ether oxygens (including phenoxy) is 1. The van der Waals surface area contributed by atoms with Crippen molar-refractivity contribution in [3.05, 3.63) is 12.7 Å². The van der Waals surface area contributed by atoms with Crippen LogP contribution in [0.3, 0.4) is 0 Å². The molecule has 0 spiro atoms. The van der Waals surface area contributed by atoms with Crippen molar-refractivity contribution >= 4 is 6.09 Å². The van der Waals surface area contributed by atoms with Crippen LogP contribution in [0.15, 0.2) is 12.7 Å². The van der Waals surface area contributed by atoms with Crippen molar-refractivity contribution in [2.24, 2.45) is 0 Å². The minimum Gasteiger partial charge on any atom is -0.445 e. The number of carbonyl (C=O) groups excluding carboxylic acids is 1. The fourth-order valence-electron chi connectivity index (χ4n) is 2.73. The standard InChI is InChI=1S/C20H39NO3/c1-2-19-24-20(23)21-17-15-13-11-9-7-5-3-4-6-8-10-12-14-16-18-22/h2,22H,1,3-19H2,(H,21,23). The Kier molecular flexibility index (Phi) is 19.2. The second-order valence-electron chi connectivity index (χ2n) is 6.49. The third-order valence-corrected chi connectivity index (χ3v) is 4.19. The minimum atomic E-state index is -0.344. The molecule has 4 nitrogen and oxygen atoms in total. The third kappa shape index (κ3) is 19.0. The topological polar surface area (TPSA) is 58.6 Å². The average molecular weight is 342 g/mol. The van der Waals surface area contributed by atoms with Crippen molar-refractivity contribution in [3.63, 3.8) is 0 Å². The number of amides is 1. The Morgan fingerprint density at radius 3 is 1.62 bits per heavy atom. The van der Waals surface area contributed by atoms with Gasteiger partial charge < -0.3 is 15.2 Å². The predicted octanol–water partition coefficient (Wildman–Crippen LogP) is 5.35. The lowest BCUT2D eigenvalue weighted by molar-refractivity contribution is 0.158. The summed E-state index contributed by atoms with van der Waals surface area (Å²) < 4.78 is 4.84. The lowest BCUT2D eigenvalue weighted by atomic mass is 10.0. The van der Waals surface area contributed by atoms with Gasteiger partial charge in [-0.15, -0.1) is 0 Å². The van der Waals surface area contributed by atoms with Gasteiger partial charge in [-0.25, -0.2) is 4.79 Å². The van der Waals surface area contributed by atoms with E-state index in [0.29, 0.717) is 13.2 Å². The Morgan fingerprint density at radius 1 is 0.792 bits per heavy atom. The number of rotatable bonds is 18. The van der Waals surface area contributed by atoms with Gasteiger partial charge in [-0.2, -0.15) is 0 Å². The fourth-order valence-corrected chi connectivity index (χ4v) is 2.73. The summed E-state index contributed by atoms with van der Waals surface area (Å²) in [5.41, 5.74) is 0. The molecule has 0 rings (SSSR count). The summed E-state index contributed by atoms with van der Waals surface area (Å²) >= 11 is 0. The number of carbonyl (C=O) groups is 1. The molecular weight excluding hydrogens is 302 g/mol. The lowest BCUT2D eigenvalue weighted by Gasteiger charge is -2.05. The summed E-state index contributed by atoms with van der Waals surface area (Å²) in [6.45, 7) is 4.82. The molecule has 0 fully saturated rings. The molecule has 1 amide bonds. The van der Waals surface area contributed by atoms with Crippen LogP contribution in [0.25, 0.3) is 0 Å². The lowest BCUT2D eigenvalue weighted by Crippen LogP contribution is -2.25. The van der Waals surface area contributed by atoms with E-state index in [2.05, 4.69) is 11.9 Å². The first-order chi connectivity index (χ1) is 11.8. The molecule has 0 atom stereocenters. The first-order valence-electron chi connectivity index (χ1n) is 9.93. The zero-order valence-electron chi connectivity index (χ0n) is 15.6. The molecule has 2 N–H and O–H groups in total. The Bertz CT molecular complexity index is 282. The van der Waals surface area contributed by atoms with Crippen LogP contribution < -0.4 is 5.32 Å². The molecular formula is C20H39NO3. The molecule has 0 radical (unpaired) electrons. The number of alkyl carbamates (subject to hydrolysis) is 1. The van der Waals surface area contributed by atoms with Crippen LogP contribution in [0.4, 0.5) is 4.79 Å². The molecule has 0 saturated carbocycles. The van der Waals surface area contributed by atoms with Crippen molar-refractivity contribution in [3.8, 4) is 0 Å². The molecule has 0 aliphatic heterocycles. The number of aliphatic hydroxyl groups excluding tert-OH is 1. The van der Waals surface area contributed by atoms with Crippen molar-refractivity contribution in [2.45, 2.75) is 89.9 Å². The van der Waals surface area contributed by atoms with E-state index in [1.165, 1.54) is 77.0 Å². The first kappa shape index (κ1) is 23.0. The first-order valence-corrected chi connectivity index (χ1v) is 9.93. The number of hydrogen-bond acceptors (Lipinski definition) is 3.